The van der Waals surface area contributed by atoms with Gasteiger partial charge in [-0.2, -0.15) is 13.2 Å². The van der Waals surface area contributed by atoms with E-state index in [4.69, 9.17) is 9.47 Å². The highest BCUT2D eigenvalue weighted by Gasteiger charge is 2.30. The number of phenols is 1. The number of aryl methyl sites for hydroxylation is 1. The molecule has 2 aromatic carbocycles. The summed E-state index contributed by atoms with van der Waals surface area (Å²) < 4.78 is 49.2. The fourth-order valence-corrected chi connectivity index (χ4v) is 3.13. The third-order valence-electron chi connectivity index (χ3n) is 4.89. The molecule has 0 fully saturated rings. The molecule has 5 nitrogen and oxygen atoms in total. The van der Waals surface area contributed by atoms with Crippen LogP contribution < -0.4 is 4.74 Å². The molecular formula is C24H30F3NO4. The molecule has 1 N–H and O–H groups in total. The Kier molecular flexibility index (Phi) is 8.04. The van der Waals surface area contributed by atoms with Crippen LogP contribution in [0.3, 0.4) is 0 Å². The number of carbonyl (C=O) groups is 1. The number of benzene rings is 2. The number of methoxy groups -OCH3 is 1. The Morgan fingerprint density at radius 3 is 2.19 bits per heavy atom. The van der Waals surface area contributed by atoms with Gasteiger partial charge >= 0.3 is 12.3 Å². The SMILES string of the molecule is COc1cc(CCC(C)N(Cc2ccc(C(F)(F)F)cc2)C(=O)OC(C)(C)C)ccc1O. The largest absolute Gasteiger partial charge is 0.504 e. The molecule has 2 rings (SSSR count). The van der Waals surface area contributed by atoms with Gasteiger partial charge in [-0.15, -0.1) is 0 Å². The minimum absolute atomic E-state index is 0.0435. The third-order valence-corrected chi connectivity index (χ3v) is 4.89. The van der Waals surface area contributed by atoms with Crippen LogP contribution in [0.25, 0.3) is 0 Å². The standard InChI is InChI=1S/C24H30F3NO4/c1-16(6-7-17-10-13-20(29)21(14-17)31-5)28(22(30)32-23(2,3)4)15-18-8-11-19(12-9-18)24(25,26)27/h8-14,16,29H,6-7,15H2,1-5H3. The van der Waals surface area contributed by atoms with E-state index in [1.165, 1.54) is 24.1 Å². The van der Waals surface area contributed by atoms with Crippen molar-refractivity contribution in [2.75, 3.05) is 7.11 Å². The van der Waals surface area contributed by atoms with E-state index in [1.54, 1.807) is 39.0 Å². The molecule has 1 unspecified atom stereocenters. The molecule has 0 spiro atoms. The van der Waals surface area contributed by atoms with E-state index in [-0.39, 0.29) is 18.3 Å². The number of nitrogens with zero attached hydrogens (tertiary/aromatic N) is 1. The molecule has 0 radical (unpaired) electrons. The van der Waals surface area contributed by atoms with Gasteiger partial charge in [0.15, 0.2) is 11.5 Å². The van der Waals surface area contributed by atoms with Gasteiger partial charge in [0, 0.05) is 12.6 Å². The summed E-state index contributed by atoms with van der Waals surface area (Å²) in [4.78, 5) is 14.4. The lowest BCUT2D eigenvalue weighted by atomic mass is 10.0. The van der Waals surface area contributed by atoms with Crippen LogP contribution in [0.5, 0.6) is 11.5 Å². The van der Waals surface area contributed by atoms with Crippen LogP contribution >= 0.6 is 0 Å². The predicted molar refractivity (Wildman–Crippen MR) is 116 cm³/mol. The van der Waals surface area contributed by atoms with Crippen LogP contribution in [0, 0.1) is 0 Å². The van der Waals surface area contributed by atoms with E-state index in [9.17, 15) is 23.1 Å². The van der Waals surface area contributed by atoms with Crippen molar-refractivity contribution in [3.8, 4) is 11.5 Å². The fraction of sp³-hybridized carbons (Fsp3) is 0.458. The number of phenolic OH excluding ortho intramolecular Hbond substituents is 1. The average molecular weight is 454 g/mol. The first-order chi connectivity index (χ1) is 14.8. The molecule has 32 heavy (non-hydrogen) atoms. The summed E-state index contributed by atoms with van der Waals surface area (Å²) in [5.74, 6) is 0.408. The number of aromatic hydroxyl groups is 1. The Labute approximate surface area is 186 Å². The van der Waals surface area contributed by atoms with Crippen molar-refractivity contribution in [3.63, 3.8) is 0 Å². The molecule has 0 aromatic heterocycles. The Morgan fingerprint density at radius 2 is 1.66 bits per heavy atom. The Hall–Kier alpha value is -2.90. The van der Waals surface area contributed by atoms with Gasteiger partial charge in [0.05, 0.1) is 12.7 Å². The fourth-order valence-electron chi connectivity index (χ4n) is 3.13. The summed E-state index contributed by atoms with van der Waals surface area (Å²) in [6, 6.07) is 9.56. The minimum Gasteiger partial charge on any atom is -0.504 e. The molecule has 0 heterocycles. The molecule has 2 aromatic rings. The first-order valence-electron chi connectivity index (χ1n) is 10.3. The Morgan fingerprint density at radius 1 is 1.06 bits per heavy atom. The molecule has 0 bridgehead atoms. The molecule has 176 valence electrons. The Balaban J connectivity index is 2.17. The number of ether oxygens (including phenoxy) is 2. The zero-order chi connectivity index (χ0) is 24.1. The first kappa shape index (κ1) is 25.4. The molecule has 0 aliphatic rings. The minimum atomic E-state index is -4.41. The molecule has 0 saturated carbocycles. The monoisotopic (exact) mass is 453 g/mol. The van der Waals surface area contributed by atoms with Gasteiger partial charge in [0.2, 0.25) is 0 Å². The quantitative estimate of drug-likeness (QED) is 0.544. The highest BCUT2D eigenvalue weighted by molar-refractivity contribution is 5.68. The van der Waals surface area contributed by atoms with Crippen molar-refractivity contribution in [1.82, 2.24) is 4.90 Å². The van der Waals surface area contributed by atoms with E-state index in [0.717, 1.165) is 17.7 Å². The summed E-state index contributed by atoms with van der Waals surface area (Å²) in [5, 5.41) is 9.75. The van der Waals surface area contributed by atoms with E-state index in [0.29, 0.717) is 24.2 Å². The van der Waals surface area contributed by atoms with E-state index >= 15 is 0 Å². The van der Waals surface area contributed by atoms with E-state index in [1.807, 2.05) is 6.92 Å². The second-order valence-electron chi connectivity index (χ2n) is 8.70. The van der Waals surface area contributed by atoms with Crippen molar-refractivity contribution in [1.29, 1.82) is 0 Å². The van der Waals surface area contributed by atoms with Crippen LogP contribution in [-0.4, -0.2) is 34.9 Å². The molecule has 8 heteroatoms. The van der Waals surface area contributed by atoms with Crippen molar-refractivity contribution >= 4 is 6.09 Å². The molecule has 1 amide bonds. The van der Waals surface area contributed by atoms with Crippen LogP contribution in [0.2, 0.25) is 0 Å². The molecule has 0 saturated heterocycles. The van der Waals surface area contributed by atoms with E-state index in [2.05, 4.69) is 0 Å². The average Bonchev–Trinajstić information content (AvgIpc) is 2.69. The number of rotatable bonds is 7. The highest BCUT2D eigenvalue weighted by atomic mass is 19.4. The van der Waals surface area contributed by atoms with Gasteiger partial charge in [-0.05, 0) is 75.9 Å². The number of carbonyl (C=O) groups excluding carboxylic acids is 1. The second kappa shape index (κ2) is 10.1. The maximum absolute atomic E-state index is 12.9. The second-order valence-corrected chi connectivity index (χ2v) is 8.70. The smallest absolute Gasteiger partial charge is 0.416 e. The zero-order valence-corrected chi connectivity index (χ0v) is 19.0. The van der Waals surface area contributed by atoms with Crippen LogP contribution in [0.15, 0.2) is 42.5 Å². The van der Waals surface area contributed by atoms with Gasteiger partial charge in [-0.3, -0.25) is 0 Å². The number of hydrogen-bond acceptors (Lipinski definition) is 4. The topological polar surface area (TPSA) is 59.0 Å². The van der Waals surface area contributed by atoms with Crippen LogP contribution in [-0.2, 0) is 23.9 Å². The molecule has 0 aliphatic heterocycles. The first-order valence-corrected chi connectivity index (χ1v) is 10.3. The lowest BCUT2D eigenvalue weighted by Gasteiger charge is -2.32. The van der Waals surface area contributed by atoms with Gasteiger partial charge in [-0.25, -0.2) is 4.79 Å². The van der Waals surface area contributed by atoms with E-state index < -0.39 is 23.4 Å². The summed E-state index contributed by atoms with van der Waals surface area (Å²) in [7, 11) is 1.47. The predicted octanol–water partition coefficient (Wildman–Crippen LogP) is 6.18. The van der Waals surface area contributed by atoms with Gasteiger partial charge < -0.3 is 19.5 Å². The summed E-state index contributed by atoms with van der Waals surface area (Å²) in [6.07, 6.45) is -3.77. The van der Waals surface area contributed by atoms with Crippen molar-refractivity contribution in [2.24, 2.45) is 0 Å². The molecule has 1 atom stereocenters. The molecular weight excluding hydrogens is 423 g/mol. The van der Waals surface area contributed by atoms with Crippen molar-refractivity contribution in [2.45, 2.75) is 64.9 Å². The number of hydrogen-bond donors (Lipinski definition) is 1. The lowest BCUT2D eigenvalue weighted by molar-refractivity contribution is -0.137. The third kappa shape index (κ3) is 7.35. The summed E-state index contributed by atoms with van der Waals surface area (Å²) in [5.41, 5.74) is 0.0473. The number of halogens is 3. The van der Waals surface area contributed by atoms with Crippen LogP contribution in [0.1, 0.15) is 50.8 Å². The maximum Gasteiger partial charge on any atom is 0.416 e. The lowest BCUT2D eigenvalue weighted by Crippen LogP contribution is -2.42. The highest BCUT2D eigenvalue weighted by Crippen LogP contribution is 2.30. The Bertz CT molecular complexity index is 905. The van der Waals surface area contributed by atoms with Gasteiger partial charge in [-0.1, -0.05) is 18.2 Å². The summed E-state index contributed by atoms with van der Waals surface area (Å²) in [6.45, 7) is 7.26. The van der Waals surface area contributed by atoms with Crippen molar-refractivity contribution < 1.29 is 32.5 Å². The normalized spacial score (nSPS) is 12.9. The molecule has 0 aliphatic carbocycles. The van der Waals surface area contributed by atoms with Crippen molar-refractivity contribution in [3.05, 3.63) is 59.2 Å². The maximum atomic E-state index is 12.9. The summed E-state index contributed by atoms with van der Waals surface area (Å²) >= 11 is 0. The van der Waals surface area contributed by atoms with Gasteiger partial charge in [0.25, 0.3) is 0 Å². The van der Waals surface area contributed by atoms with Gasteiger partial charge in [0.1, 0.15) is 5.60 Å². The zero-order valence-electron chi connectivity index (χ0n) is 19.0. The van der Waals surface area contributed by atoms with Crippen LogP contribution in [0.4, 0.5) is 18.0 Å². The number of amides is 1. The number of alkyl halides is 3.